The maximum absolute atomic E-state index is 9.19. The second kappa shape index (κ2) is 6.67. The van der Waals surface area contributed by atoms with Crippen LogP contribution < -0.4 is 9.47 Å². The van der Waals surface area contributed by atoms with Crippen molar-refractivity contribution in [3.8, 4) is 17.6 Å². The van der Waals surface area contributed by atoms with Gasteiger partial charge >= 0.3 is 0 Å². The van der Waals surface area contributed by atoms with Crippen LogP contribution in [0.15, 0.2) is 26.0 Å². The van der Waals surface area contributed by atoms with E-state index in [0.717, 1.165) is 15.6 Å². The van der Waals surface area contributed by atoms with E-state index in [1.807, 2.05) is 13.0 Å². The van der Waals surface area contributed by atoms with E-state index in [9.17, 15) is 5.26 Å². The molecule has 0 N–H and O–H groups in total. The molecule has 1 aromatic carbocycles. The molecule has 6 heteroatoms. The Hall–Kier alpha value is -2.26. The molecule has 0 saturated carbocycles. The predicted molar refractivity (Wildman–Crippen MR) is 87.4 cm³/mol. The summed E-state index contributed by atoms with van der Waals surface area (Å²) < 4.78 is 16.8. The lowest BCUT2D eigenvalue weighted by atomic mass is 10.2. The van der Waals surface area contributed by atoms with Crippen LogP contribution in [-0.2, 0) is 0 Å². The molecule has 0 saturated heterocycles. The summed E-state index contributed by atoms with van der Waals surface area (Å²) in [6, 6.07) is 5.70. The lowest BCUT2D eigenvalue weighted by Crippen LogP contribution is -1.94. The third-order valence-electron chi connectivity index (χ3n) is 3.30. The number of halogens is 1. The fraction of sp³-hybridized carbons (Fsp3) is 0.250. The Morgan fingerprint density at radius 1 is 1.23 bits per heavy atom. The van der Waals surface area contributed by atoms with Crippen LogP contribution in [0.5, 0.6) is 11.5 Å². The Kier molecular flexibility index (Phi) is 4.88. The van der Waals surface area contributed by atoms with Crippen molar-refractivity contribution in [1.29, 1.82) is 5.26 Å². The minimum absolute atomic E-state index is 0.298. The number of furan rings is 1. The van der Waals surface area contributed by atoms with E-state index in [4.69, 9.17) is 13.9 Å². The molecule has 0 aliphatic carbocycles. The lowest BCUT2D eigenvalue weighted by Gasteiger charge is -2.09. The van der Waals surface area contributed by atoms with Crippen LogP contribution in [0.2, 0.25) is 0 Å². The summed E-state index contributed by atoms with van der Waals surface area (Å²) >= 11 is 3.42. The van der Waals surface area contributed by atoms with E-state index < -0.39 is 0 Å². The molecule has 0 amide bonds. The van der Waals surface area contributed by atoms with E-state index in [1.54, 1.807) is 33.4 Å². The lowest BCUT2D eigenvalue weighted by molar-refractivity contribution is 0.392. The highest BCUT2D eigenvalue weighted by Crippen LogP contribution is 2.33. The number of aryl methyl sites for hydroxylation is 1. The zero-order valence-corrected chi connectivity index (χ0v) is 14.3. The van der Waals surface area contributed by atoms with Gasteiger partial charge < -0.3 is 13.9 Å². The van der Waals surface area contributed by atoms with Crippen molar-refractivity contribution in [2.45, 2.75) is 13.8 Å². The monoisotopic (exact) mass is 362 g/mol. The summed E-state index contributed by atoms with van der Waals surface area (Å²) in [5.41, 5.74) is 1.99. The van der Waals surface area contributed by atoms with Gasteiger partial charge in [0.15, 0.2) is 0 Å². The summed E-state index contributed by atoms with van der Waals surface area (Å²) in [5, 5.41) is 9.19. The maximum Gasteiger partial charge on any atom is 0.237 e. The van der Waals surface area contributed by atoms with E-state index in [2.05, 4.69) is 27.0 Å². The number of rotatable bonds is 4. The zero-order chi connectivity index (χ0) is 16.3. The maximum atomic E-state index is 9.19. The van der Waals surface area contributed by atoms with E-state index in [-0.39, 0.29) is 0 Å². The molecular weight excluding hydrogens is 348 g/mol. The molecule has 0 aliphatic heterocycles. The van der Waals surface area contributed by atoms with E-state index in [1.165, 1.54) is 0 Å². The normalized spacial score (nSPS) is 10.7. The SMILES string of the molecule is COc1cc(OC)c(C=Nc2oc(C)c(C)c2C#N)cc1Br. The van der Waals surface area contributed by atoms with Crippen molar-refractivity contribution >= 4 is 28.0 Å². The molecule has 0 bridgehead atoms. The number of benzene rings is 1. The Morgan fingerprint density at radius 2 is 1.91 bits per heavy atom. The molecule has 0 spiro atoms. The molecule has 2 rings (SSSR count). The van der Waals surface area contributed by atoms with Crippen LogP contribution in [0.1, 0.15) is 22.5 Å². The number of aliphatic imine (C=N–C) groups is 1. The highest BCUT2D eigenvalue weighted by atomic mass is 79.9. The number of methoxy groups -OCH3 is 2. The first kappa shape index (κ1) is 16.1. The zero-order valence-electron chi connectivity index (χ0n) is 12.7. The number of hydrogen-bond donors (Lipinski definition) is 0. The Bertz CT molecular complexity index is 773. The van der Waals surface area contributed by atoms with Crippen LogP contribution in [-0.4, -0.2) is 20.4 Å². The van der Waals surface area contributed by atoms with Gasteiger partial charge in [-0.2, -0.15) is 5.26 Å². The van der Waals surface area contributed by atoms with Crippen molar-refractivity contribution in [3.05, 3.63) is 39.1 Å². The summed E-state index contributed by atoms with van der Waals surface area (Å²) in [7, 11) is 3.16. The number of ether oxygens (including phenoxy) is 2. The van der Waals surface area contributed by atoms with Crippen molar-refractivity contribution in [2.75, 3.05) is 14.2 Å². The average molecular weight is 363 g/mol. The van der Waals surface area contributed by atoms with Gasteiger partial charge in [-0.25, -0.2) is 4.99 Å². The van der Waals surface area contributed by atoms with Crippen LogP contribution in [0.4, 0.5) is 5.88 Å². The van der Waals surface area contributed by atoms with Crippen molar-refractivity contribution in [1.82, 2.24) is 0 Å². The van der Waals surface area contributed by atoms with Gasteiger partial charge in [0.2, 0.25) is 5.88 Å². The van der Waals surface area contributed by atoms with Crippen molar-refractivity contribution in [3.63, 3.8) is 0 Å². The molecule has 0 radical (unpaired) electrons. The third kappa shape index (κ3) is 3.00. The first-order valence-electron chi connectivity index (χ1n) is 6.47. The highest BCUT2D eigenvalue weighted by Gasteiger charge is 2.14. The summed E-state index contributed by atoms with van der Waals surface area (Å²) in [6.07, 6.45) is 1.60. The second-order valence-electron chi connectivity index (χ2n) is 4.56. The Labute approximate surface area is 137 Å². The molecule has 0 fully saturated rings. The van der Waals surface area contributed by atoms with Crippen LogP contribution in [0.25, 0.3) is 0 Å². The summed E-state index contributed by atoms with van der Waals surface area (Å²) in [6.45, 7) is 3.64. The second-order valence-corrected chi connectivity index (χ2v) is 5.42. The van der Waals surface area contributed by atoms with Gasteiger partial charge in [0.05, 0.1) is 18.7 Å². The summed E-state index contributed by atoms with van der Waals surface area (Å²) in [4.78, 5) is 4.28. The number of hydrogen-bond acceptors (Lipinski definition) is 5. The predicted octanol–water partition coefficient (Wildman–Crippen LogP) is 4.30. The highest BCUT2D eigenvalue weighted by molar-refractivity contribution is 9.10. The quantitative estimate of drug-likeness (QED) is 0.760. The molecule has 2 aromatic rings. The smallest absolute Gasteiger partial charge is 0.237 e. The van der Waals surface area contributed by atoms with Gasteiger partial charge in [-0.15, -0.1) is 0 Å². The van der Waals surface area contributed by atoms with Crippen LogP contribution in [0.3, 0.4) is 0 Å². The minimum atomic E-state index is 0.298. The van der Waals surface area contributed by atoms with Crippen LogP contribution >= 0.6 is 15.9 Å². The third-order valence-corrected chi connectivity index (χ3v) is 3.92. The molecule has 5 nitrogen and oxygen atoms in total. The van der Waals surface area contributed by atoms with Gasteiger partial charge in [0.1, 0.15) is 28.9 Å². The first-order chi connectivity index (χ1) is 10.5. The molecule has 1 aromatic heterocycles. The molecule has 114 valence electrons. The molecule has 0 atom stereocenters. The van der Waals surface area contributed by atoms with Crippen molar-refractivity contribution < 1.29 is 13.9 Å². The van der Waals surface area contributed by atoms with Crippen molar-refractivity contribution in [2.24, 2.45) is 4.99 Å². The van der Waals surface area contributed by atoms with Gasteiger partial charge in [-0.05, 0) is 35.8 Å². The number of nitrogens with zero attached hydrogens (tertiary/aromatic N) is 2. The molecule has 0 unspecified atom stereocenters. The fourth-order valence-electron chi connectivity index (χ4n) is 1.94. The van der Waals surface area contributed by atoms with Gasteiger partial charge in [-0.1, -0.05) is 0 Å². The molecule has 0 aliphatic rings. The van der Waals surface area contributed by atoms with E-state index >= 15 is 0 Å². The number of nitriles is 1. The van der Waals surface area contributed by atoms with Gasteiger partial charge in [-0.3, -0.25) is 0 Å². The van der Waals surface area contributed by atoms with Gasteiger partial charge in [0.25, 0.3) is 0 Å². The topological polar surface area (TPSA) is 67.8 Å². The van der Waals surface area contributed by atoms with E-state index in [0.29, 0.717) is 28.7 Å². The Morgan fingerprint density at radius 3 is 2.50 bits per heavy atom. The van der Waals surface area contributed by atoms with Gasteiger partial charge in [0, 0.05) is 23.4 Å². The molecule has 1 heterocycles. The summed E-state index contributed by atoms with van der Waals surface area (Å²) in [5.74, 6) is 2.26. The standard InChI is InChI=1S/C16H15BrN2O3/c1-9-10(2)22-16(12(9)7-18)19-8-11-5-13(17)15(21-4)6-14(11)20-3/h5-6,8H,1-4H3. The molecule has 22 heavy (non-hydrogen) atoms. The van der Waals surface area contributed by atoms with Crippen LogP contribution in [0, 0.1) is 25.2 Å². The average Bonchev–Trinajstić information content (AvgIpc) is 2.79. The first-order valence-corrected chi connectivity index (χ1v) is 7.26. The fourth-order valence-corrected chi connectivity index (χ4v) is 2.47. The largest absolute Gasteiger partial charge is 0.496 e. The Balaban J connectivity index is 2.45. The minimum Gasteiger partial charge on any atom is -0.496 e. The molecular formula is C16H15BrN2O3.